The average Bonchev–Trinajstić information content (AvgIpc) is 1.62. The van der Waals surface area contributed by atoms with Gasteiger partial charge in [0.15, 0.2) is 34.9 Å². The van der Waals surface area contributed by atoms with Gasteiger partial charge >= 0.3 is 0 Å². The molecule has 106 heavy (non-hydrogen) atoms. The fourth-order valence-corrected chi connectivity index (χ4v) is 15.8. The zero-order valence-electron chi connectivity index (χ0n) is 56.6. The number of thiophene rings is 2. The quantitative estimate of drug-likeness (QED) is 0.115. The summed E-state index contributed by atoms with van der Waals surface area (Å²) in [5, 5.41) is 11.4. The highest BCUT2D eigenvalue weighted by atomic mass is 32.1. The SMILES string of the molecule is c1ccc(-c2ccc(-c3nc(-c4ccccc4)nc(-c4ccc(-c5ccc(-c6ccc7sc8c9ccccc9nnc8c7c6)cc5)cc4)n3)cc2)cc1.c1ccc(-c2ccc(-c3nc(-c4ccccc4)nc(-c4ccc(-c5ccc(-c6ccnc7c6sc6nc8ccccc8nc67)cc5)cc4)n3)cc2)cc1. The van der Waals surface area contributed by atoms with Gasteiger partial charge in [0.2, 0.25) is 0 Å². The molecule has 20 aromatic rings. The molecule has 0 aliphatic heterocycles. The predicted molar refractivity (Wildman–Crippen MR) is 435 cm³/mol. The first kappa shape index (κ1) is 63.1. The minimum Gasteiger partial charge on any atom is -0.253 e. The first-order valence-electron chi connectivity index (χ1n) is 34.9. The van der Waals surface area contributed by atoms with Gasteiger partial charge in [0.05, 0.1) is 25.9 Å². The van der Waals surface area contributed by atoms with E-state index < -0.39 is 0 Å². The Morgan fingerprint density at radius 2 is 0.528 bits per heavy atom. The Morgan fingerprint density at radius 1 is 0.198 bits per heavy atom. The van der Waals surface area contributed by atoms with Crippen molar-refractivity contribution in [1.29, 1.82) is 0 Å². The van der Waals surface area contributed by atoms with Crippen LogP contribution in [0.5, 0.6) is 0 Å². The second-order valence-corrected chi connectivity index (χ2v) is 27.8. The van der Waals surface area contributed by atoms with Gasteiger partial charge in [0.25, 0.3) is 0 Å². The summed E-state index contributed by atoms with van der Waals surface area (Å²) in [6.45, 7) is 0. The summed E-state index contributed by atoms with van der Waals surface area (Å²) in [4.78, 5) is 45.0. The van der Waals surface area contributed by atoms with Crippen molar-refractivity contribution in [2.24, 2.45) is 0 Å². The normalized spacial score (nSPS) is 11.4. The second kappa shape index (κ2) is 27.5. The largest absolute Gasteiger partial charge is 0.253 e. The van der Waals surface area contributed by atoms with E-state index in [1.807, 2.05) is 115 Å². The maximum atomic E-state index is 4.97. The molecule has 7 heterocycles. The van der Waals surface area contributed by atoms with Gasteiger partial charge in [-0.25, -0.2) is 39.9 Å². The molecule has 13 heteroatoms. The van der Waals surface area contributed by atoms with Gasteiger partial charge in [-0.2, -0.15) is 0 Å². The number of aromatic nitrogens is 11. The third kappa shape index (κ3) is 12.4. The zero-order valence-corrected chi connectivity index (χ0v) is 58.3. The van der Waals surface area contributed by atoms with Gasteiger partial charge in [-0.15, -0.1) is 32.9 Å². The van der Waals surface area contributed by atoms with E-state index in [1.54, 1.807) is 22.7 Å². The lowest BCUT2D eigenvalue weighted by molar-refractivity contribution is 1.07. The summed E-state index contributed by atoms with van der Waals surface area (Å²) >= 11 is 3.42. The van der Waals surface area contributed by atoms with Crippen molar-refractivity contribution >= 4 is 85.5 Å². The molecule has 0 N–H and O–H groups in total. The van der Waals surface area contributed by atoms with E-state index in [0.717, 1.165) is 142 Å². The third-order valence-corrected chi connectivity index (χ3v) is 21.4. The van der Waals surface area contributed by atoms with Gasteiger partial charge < -0.3 is 0 Å². The van der Waals surface area contributed by atoms with Crippen LogP contribution in [-0.2, 0) is 0 Å². The van der Waals surface area contributed by atoms with Crippen LogP contribution in [0.25, 0.3) is 198 Å². The van der Waals surface area contributed by atoms with Crippen molar-refractivity contribution in [3.05, 3.63) is 346 Å². The van der Waals surface area contributed by atoms with E-state index in [4.69, 9.17) is 44.9 Å². The lowest BCUT2D eigenvalue weighted by Crippen LogP contribution is -2.00. The average molecular weight is 1390 g/mol. The summed E-state index contributed by atoms with van der Waals surface area (Å²) in [6, 6.07) is 117. The fourth-order valence-electron chi connectivity index (χ4n) is 13.6. The van der Waals surface area contributed by atoms with Crippen LogP contribution in [0.15, 0.2) is 346 Å². The molecule has 7 aromatic heterocycles. The van der Waals surface area contributed by atoms with Crippen molar-refractivity contribution in [3.63, 3.8) is 0 Å². The van der Waals surface area contributed by atoms with Crippen molar-refractivity contribution in [1.82, 2.24) is 55.1 Å². The van der Waals surface area contributed by atoms with Gasteiger partial charge in [0, 0.05) is 60.6 Å². The molecule has 0 aliphatic carbocycles. The van der Waals surface area contributed by atoms with Gasteiger partial charge in [-0.1, -0.05) is 303 Å². The monoisotopic (exact) mass is 1390 g/mol. The van der Waals surface area contributed by atoms with E-state index in [0.29, 0.717) is 34.9 Å². The molecule has 0 unspecified atom stereocenters. The van der Waals surface area contributed by atoms with Crippen molar-refractivity contribution in [3.8, 4) is 135 Å². The molecule has 13 aromatic carbocycles. The van der Waals surface area contributed by atoms with Crippen LogP contribution in [0.1, 0.15) is 0 Å². The van der Waals surface area contributed by atoms with Crippen molar-refractivity contribution < 1.29 is 0 Å². The first-order chi connectivity index (χ1) is 52.5. The van der Waals surface area contributed by atoms with Crippen LogP contribution in [0.4, 0.5) is 0 Å². The van der Waals surface area contributed by atoms with E-state index in [9.17, 15) is 0 Å². The van der Waals surface area contributed by atoms with Crippen LogP contribution in [0, 0.1) is 0 Å². The lowest BCUT2D eigenvalue weighted by atomic mass is 9.99. The topological polar surface area (TPSA) is 142 Å². The van der Waals surface area contributed by atoms with E-state index in [1.165, 1.54) is 20.5 Å². The fraction of sp³-hybridized carbons (Fsp3) is 0. The molecule has 0 atom stereocenters. The molecule has 0 bridgehead atoms. The van der Waals surface area contributed by atoms with Gasteiger partial charge in [0.1, 0.15) is 21.4 Å². The summed E-state index contributed by atoms with van der Waals surface area (Å²) < 4.78 is 3.49. The van der Waals surface area contributed by atoms with E-state index in [2.05, 4.69) is 241 Å². The molecule has 496 valence electrons. The smallest absolute Gasteiger partial charge is 0.164 e. The maximum Gasteiger partial charge on any atom is 0.164 e. The molecule has 20 rings (SSSR count). The molecule has 0 spiro atoms. The van der Waals surface area contributed by atoms with E-state index >= 15 is 0 Å². The number of hydrogen-bond acceptors (Lipinski definition) is 13. The van der Waals surface area contributed by atoms with Crippen LogP contribution >= 0.6 is 22.7 Å². The third-order valence-electron chi connectivity index (χ3n) is 19.1. The number of benzene rings is 13. The minimum absolute atomic E-state index is 0.629. The summed E-state index contributed by atoms with van der Waals surface area (Å²) in [5.41, 5.74) is 24.7. The molecule has 0 fully saturated rings. The number of rotatable bonds is 12. The number of hydrogen-bond donors (Lipinski definition) is 0. The van der Waals surface area contributed by atoms with E-state index in [-0.39, 0.29) is 0 Å². The van der Waals surface area contributed by atoms with Crippen LogP contribution in [0.3, 0.4) is 0 Å². The standard InChI is InChI=1S/C47H29N5S.C46H28N6S/c1-3-9-30(10-4-1)31-19-23-36(24-20-31)46-48-45(35-11-5-2-6-12-35)49-47(50-46)37-25-21-33(22-26-37)32-15-17-34(18-16-32)38-27-28-42-40(29-38)43-44(53-42)39-13-7-8-14-41(39)51-52-43;1-3-9-29(10-4-1)30-17-23-35(24-18-30)44-50-43(34-11-5-2-6-12-34)51-45(52-44)36-25-19-32(20-26-36)31-15-21-33(22-16-31)37-27-28-47-40-41-46(53-42(37)40)49-39-14-8-7-13-38(39)48-41/h1-29H;1-28H. The molecule has 0 saturated carbocycles. The first-order valence-corrected chi connectivity index (χ1v) is 36.5. The lowest BCUT2D eigenvalue weighted by Gasteiger charge is -2.10. The number of nitrogens with zero attached hydrogens (tertiary/aromatic N) is 11. The Morgan fingerprint density at radius 3 is 0.962 bits per heavy atom. The maximum absolute atomic E-state index is 4.97. The highest BCUT2D eigenvalue weighted by Gasteiger charge is 2.19. The molecule has 0 aliphatic rings. The van der Waals surface area contributed by atoms with Crippen molar-refractivity contribution in [2.75, 3.05) is 0 Å². The highest BCUT2D eigenvalue weighted by Crippen LogP contribution is 2.42. The summed E-state index contributed by atoms with van der Waals surface area (Å²) in [6.07, 6.45) is 1.86. The van der Waals surface area contributed by atoms with Crippen LogP contribution in [-0.4, -0.2) is 55.1 Å². The second-order valence-electron chi connectivity index (χ2n) is 25.8. The summed E-state index contributed by atoms with van der Waals surface area (Å²) in [5.74, 6) is 3.83. The van der Waals surface area contributed by atoms with Gasteiger partial charge in [-0.3, -0.25) is 4.98 Å². The Labute approximate surface area is 617 Å². The summed E-state index contributed by atoms with van der Waals surface area (Å²) in [7, 11) is 0. The highest BCUT2D eigenvalue weighted by molar-refractivity contribution is 7.26. The van der Waals surface area contributed by atoms with Crippen LogP contribution < -0.4 is 0 Å². The number of pyridine rings is 1. The Hall–Kier alpha value is -13.9. The Kier molecular flexibility index (Phi) is 16.4. The van der Waals surface area contributed by atoms with Crippen LogP contribution in [0.2, 0.25) is 0 Å². The number of fused-ring (bicyclic) bond motifs is 9. The Bertz CT molecular complexity index is 6630. The van der Waals surface area contributed by atoms with Crippen molar-refractivity contribution in [2.45, 2.75) is 0 Å². The minimum atomic E-state index is 0.629. The molecular formula is C93H57N11S2. The number of para-hydroxylation sites is 2. The van der Waals surface area contributed by atoms with Gasteiger partial charge in [-0.05, 0) is 97.6 Å². The molecule has 0 amide bonds. The zero-order chi connectivity index (χ0) is 70.3. The molecule has 11 nitrogen and oxygen atoms in total. The molecular weight excluding hydrogens is 1340 g/mol. The predicted octanol–water partition coefficient (Wildman–Crippen LogP) is 23.8. The molecule has 0 saturated heterocycles. The molecule has 0 radical (unpaired) electrons. The Balaban J connectivity index is 0.000000145.